The fourth-order valence-electron chi connectivity index (χ4n) is 4.73. The minimum Gasteiger partial charge on any atom is -0.493 e. The molecule has 4 rings (SSSR count). The van der Waals surface area contributed by atoms with Crippen molar-refractivity contribution in [3.05, 3.63) is 23.3 Å². The molecule has 0 saturated heterocycles. The molecule has 2 fully saturated rings. The highest BCUT2D eigenvalue weighted by Gasteiger charge is 2.40. The van der Waals surface area contributed by atoms with Crippen molar-refractivity contribution in [2.24, 2.45) is 11.8 Å². The zero-order valence-corrected chi connectivity index (χ0v) is 15.3. The van der Waals surface area contributed by atoms with Gasteiger partial charge in [-0.25, -0.2) is 0 Å². The van der Waals surface area contributed by atoms with Crippen LogP contribution in [0.1, 0.15) is 36.8 Å². The molecule has 2 saturated carbocycles. The van der Waals surface area contributed by atoms with Gasteiger partial charge in [0.25, 0.3) is 0 Å². The molecule has 130 valence electrons. The molecular weight excluding hydrogens is 320 g/mol. The van der Waals surface area contributed by atoms with Crippen LogP contribution in [0.2, 0.25) is 0 Å². The Balaban J connectivity index is 1.44. The Morgan fingerprint density at radius 3 is 2.50 bits per heavy atom. The third-order valence-corrected chi connectivity index (χ3v) is 6.43. The van der Waals surface area contributed by atoms with Crippen LogP contribution in [0, 0.1) is 11.8 Å². The van der Waals surface area contributed by atoms with Gasteiger partial charge in [-0.2, -0.15) is 0 Å². The number of methoxy groups -OCH3 is 2. The molecule has 1 N–H and O–H groups in total. The summed E-state index contributed by atoms with van der Waals surface area (Å²) < 4.78 is 10.9. The first-order valence-electron chi connectivity index (χ1n) is 8.97. The molecule has 0 radical (unpaired) electrons. The standard InChI is InChI=1S/C19H26N2O2S/c1-22-17-9-13-5-6-21(11-15(13)10-18(17)23-2)19(24)20-16-8-12-3-4-14(16)7-12/h9-10,12,14,16H,3-8,11H2,1-2H3,(H,20,24)/t12-,14+,16+/m0/s1. The van der Waals surface area contributed by atoms with Gasteiger partial charge in [0.2, 0.25) is 0 Å². The number of fused-ring (bicyclic) bond motifs is 3. The van der Waals surface area contributed by atoms with Crippen molar-refractivity contribution < 1.29 is 9.47 Å². The van der Waals surface area contributed by atoms with Crippen LogP contribution in [0.15, 0.2) is 12.1 Å². The van der Waals surface area contributed by atoms with Gasteiger partial charge in [0.1, 0.15) is 0 Å². The topological polar surface area (TPSA) is 33.7 Å². The summed E-state index contributed by atoms with van der Waals surface area (Å²) in [5.41, 5.74) is 2.63. The van der Waals surface area contributed by atoms with Gasteiger partial charge in [-0.3, -0.25) is 0 Å². The quantitative estimate of drug-likeness (QED) is 0.851. The molecule has 24 heavy (non-hydrogen) atoms. The Bertz CT molecular complexity index is 648. The second-order valence-electron chi connectivity index (χ2n) is 7.38. The minimum atomic E-state index is 0.600. The van der Waals surface area contributed by atoms with Gasteiger partial charge in [0, 0.05) is 19.1 Å². The number of hydrogen-bond donors (Lipinski definition) is 1. The highest BCUT2D eigenvalue weighted by Crippen LogP contribution is 2.44. The van der Waals surface area contributed by atoms with E-state index in [0.29, 0.717) is 6.04 Å². The molecule has 2 bridgehead atoms. The Kier molecular flexibility index (Phi) is 4.29. The van der Waals surface area contributed by atoms with E-state index in [1.807, 2.05) is 0 Å². The van der Waals surface area contributed by atoms with E-state index in [-0.39, 0.29) is 0 Å². The maximum atomic E-state index is 5.72. The van der Waals surface area contributed by atoms with E-state index < -0.39 is 0 Å². The van der Waals surface area contributed by atoms with Crippen molar-refractivity contribution in [1.82, 2.24) is 10.2 Å². The smallest absolute Gasteiger partial charge is 0.169 e. The normalized spacial score (nSPS) is 27.8. The predicted molar refractivity (Wildman–Crippen MR) is 98.6 cm³/mol. The van der Waals surface area contributed by atoms with Crippen LogP contribution >= 0.6 is 12.2 Å². The van der Waals surface area contributed by atoms with Crippen molar-refractivity contribution in [1.29, 1.82) is 0 Å². The fraction of sp³-hybridized carbons (Fsp3) is 0.632. The summed E-state index contributed by atoms with van der Waals surface area (Å²) in [5, 5.41) is 4.59. The lowest BCUT2D eigenvalue weighted by Crippen LogP contribution is -2.48. The van der Waals surface area contributed by atoms with Crippen LogP contribution in [-0.2, 0) is 13.0 Å². The first-order chi connectivity index (χ1) is 11.7. The lowest BCUT2D eigenvalue weighted by molar-refractivity contribution is 0.338. The molecule has 1 aliphatic heterocycles. The summed E-state index contributed by atoms with van der Waals surface area (Å²) in [6.07, 6.45) is 6.51. The van der Waals surface area contributed by atoms with Crippen LogP contribution in [0.25, 0.3) is 0 Å². The van der Waals surface area contributed by atoms with Crippen molar-refractivity contribution in [3.8, 4) is 11.5 Å². The van der Waals surface area contributed by atoms with E-state index in [1.54, 1.807) is 14.2 Å². The molecule has 3 atom stereocenters. The van der Waals surface area contributed by atoms with Crippen molar-refractivity contribution in [3.63, 3.8) is 0 Å². The average Bonchev–Trinajstić information content (AvgIpc) is 3.22. The van der Waals surface area contributed by atoms with Crippen LogP contribution < -0.4 is 14.8 Å². The molecule has 0 unspecified atom stereocenters. The molecule has 4 nitrogen and oxygen atoms in total. The summed E-state index contributed by atoms with van der Waals surface area (Å²) in [7, 11) is 3.37. The maximum absolute atomic E-state index is 5.72. The largest absolute Gasteiger partial charge is 0.493 e. The summed E-state index contributed by atoms with van der Waals surface area (Å²) in [6, 6.07) is 4.81. The van der Waals surface area contributed by atoms with Crippen molar-refractivity contribution in [2.75, 3.05) is 20.8 Å². The molecule has 0 amide bonds. The van der Waals surface area contributed by atoms with Gasteiger partial charge in [0.05, 0.1) is 14.2 Å². The molecule has 5 heteroatoms. The van der Waals surface area contributed by atoms with E-state index in [1.165, 1.54) is 36.8 Å². The van der Waals surface area contributed by atoms with E-state index >= 15 is 0 Å². The molecular formula is C19H26N2O2S. The number of rotatable bonds is 3. The Labute approximate surface area is 149 Å². The maximum Gasteiger partial charge on any atom is 0.169 e. The lowest BCUT2D eigenvalue weighted by Gasteiger charge is -2.34. The molecule has 2 aliphatic carbocycles. The monoisotopic (exact) mass is 346 g/mol. The molecule has 3 aliphatic rings. The van der Waals surface area contributed by atoms with Crippen molar-refractivity contribution in [2.45, 2.75) is 44.7 Å². The number of benzene rings is 1. The van der Waals surface area contributed by atoms with Crippen LogP contribution in [0.5, 0.6) is 11.5 Å². The third-order valence-electron chi connectivity index (χ3n) is 6.05. The number of ether oxygens (including phenoxy) is 2. The van der Waals surface area contributed by atoms with E-state index in [9.17, 15) is 0 Å². The second-order valence-corrected chi connectivity index (χ2v) is 7.76. The molecule has 1 aromatic rings. The number of nitrogens with zero attached hydrogens (tertiary/aromatic N) is 1. The SMILES string of the molecule is COc1cc2c(cc1OC)CN(C(=S)N[C@@H]1C[C@H]3CC[C@@H]1C3)CC2. The highest BCUT2D eigenvalue weighted by atomic mass is 32.1. The Morgan fingerprint density at radius 1 is 1.12 bits per heavy atom. The third kappa shape index (κ3) is 2.83. The first-order valence-corrected chi connectivity index (χ1v) is 9.38. The van der Waals surface area contributed by atoms with Gasteiger partial charge in [-0.1, -0.05) is 6.42 Å². The average molecular weight is 346 g/mol. The summed E-state index contributed by atoms with van der Waals surface area (Å²) in [4.78, 5) is 2.30. The zero-order valence-electron chi connectivity index (χ0n) is 14.5. The van der Waals surface area contributed by atoms with E-state index in [2.05, 4.69) is 22.3 Å². The van der Waals surface area contributed by atoms with E-state index in [0.717, 1.165) is 48.0 Å². The van der Waals surface area contributed by atoms with Gasteiger partial charge < -0.3 is 19.7 Å². The van der Waals surface area contributed by atoms with Crippen molar-refractivity contribution >= 4 is 17.3 Å². The predicted octanol–water partition coefficient (Wildman–Crippen LogP) is 3.13. The summed E-state index contributed by atoms with van der Waals surface area (Å²) in [5.74, 6) is 3.39. The minimum absolute atomic E-state index is 0.600. The van der Waals surface area contributed by atoms with Gasteiger partial charge in [-0.05, 0) is 73.0 Å². The van der Waals surface area contributed by atoms with Gasteiger partial charge in [0.15, 0.2) is 16.6 Å². The van der Waals surface area contributed by atoms with Crippen LogP contribution in [0.3, 0.4) is 0 Å². The van der Waals surface area contributed by atoms with Crippen LogP contribution in [0.4, 0.5) is 0 Å². The number of hydrogen-bond acceptors (Lipinski definition) is 3. The van der Waals surface area contributed by atoms with Crippen LogP contribution in [-0.4, -0.2) is 36.8 Å². The fourth-order valence-corrected chi connectivity index (χ4v) is 5.04. The Morgan fingerprint density at radius 2 is 1.88 bits per heavy atom. The Hall–Kier alpha value is -1.49. The zero-order chi connectivity index (χ0) is 16.7. The first kappa shape index (κ1) is 16.0. The number of nitrogens with one attached hydrogen (secondary N) is 1. The lowest BCUT2D eigenvalue weighted by atomic mass is 9.95. The highest BCUT2D eigenvalue weighted by molar-refractivity contribution is 7.80. The molecule has 0 spiro atoms. The van der Waals surface area contributed by atoms with E-state index in [4.69, 9.17) is 21.7 Å². The molecule has 0 aromatic heterocycles. The summed E-state index contributed by atoms with van der Waals surface area (Å²) in [6.45, 7) is 1.82. The second kappa shape index (κ2) is 6.43. The molecule has 1 aromatic carbocycles. The van der Waals surface area contributed by atoms with Gasteiger partial charge in [-0.15, -0.1) is 0 Å². The molecule has 1 heterocycles. The summed E-state index contributed by atoms with van der Waals surface area (Å²) >= 11 is 5.72. The number of thiocarbonyl (C=S) groups is 1. The van der Waals surface area contributed by atoms with Gasteiger partial charge >= 0.3 is 0 Å².